The smallest absolute Gasteiger partial charge is 0.226 e. The molecule has 1 amide bonds. The van der Waals surface area contributed by atoms with Gasteiger partial charge in [0, 0.05) is 38.2 Å². The van der Waals surface area contributed by atoms with Gasteiger partial charge in [0.1, 0.15) is 11.5 Å². The third kappa shape index (κ3) is 4.50. The van der Waals surface area contributed by atoms with Gasteiger partial charge in [-0.3, -0.25) is 9.69 Å². The number of piperidine rings is 1. The lowest BCUT2D eigenvalue weighted by Crippen LogP contribution is -2.43. The van der Waals surface area contributed by atoms with Crippen LogP contribution >= 0.6 is 0 Å². The molecular weight excluding hydrogens is 342 g/mol. The largest absolute Gasteiger partial charge is 0.496 e. The van der Waals surface area contributed by atoms with Crippen molar-refractivity contribution >= 4 is 5.91 Å². The topological polar surface area (TPSA) is 67.6 Å². The van der Waals surface area contributed by atoms with Crippen molar-refractivity contribution in [2.24, 2.45) is 0 Å². The molecular formula is C21H29N3O3. The molecule has 2 aromatic rings. The van der Waals surface area contributed by atoms with Gasteiger partial charge in [-0.1, -0.05) is 0 Å². The Labute approximate surface area is 160 Å². The Balaban J connectivity index is 1.71. The quantitative estimate of drug-likeness (QED) is 0.873. The van der Waals surface area contributed by atoms with E-state index in [0.717, 1.165) is 66.4 Å². The second kappa shape index (κ2) is 8.13. The number of hydrogen-bond donors (Lipinski definition) is 1. The summed E-state index contributed by atoms with van der Waals surface area (Å²) in [6, 6.07) is 4.39. The first-order chi connectivity index (χ1) is 12.9. The molecule has 6 nitrogen and oxygen atoms in total. The molecule has 1 aromatic carbocycles. The number of hydrogen-bond acceptors (Lipinski definition) is 5. The maximum atomic E-state index is 11.2. The van der Waals surface area contributed by atoms with Crippen LogP contribution < -0.4 is 10.1 Å². The summed E-state index contributed by atoms with van der Waals surface area (Å²) in [5, 5.41) is 3.01. The van der Waals surface area contributed by atoms with Crippen molar-refractivity contribution in [2.45, 2.75) is 53.1 Å². The van der Waals surface area contributed by atoms with Crippen LogP contribution in [0.3, 0.4) is 0 Å². The van der Waals surface area contributed by atoms with Crippen molar-refractivity contribution in [1.82, 2.24) is 15.2 Å². The Kier molecular flexibility index (Phi) is 5.85. The number of amides is 1. The van der Waals surface area contributed by atoms with Crippen LogP contribution in [0.5, 0.6) is 5.75 Å². The second-order valence-corrected chi connectivity index (χ2v) is 7.41. The zero-order valence-corrected chi connectivity index (χ0v) is 16.9. The summed E-state index contributed by atoms with van der Waals surface area (Å²) in [6.07, 6.45) is 1.94. The van der Waals surface area contributed by atoms with Gasteiger partial charge in [-0.25, -0.2) is 4.98 Å². The number of carbonyl (C=O) groups excluding carboxylic acids is 1. The number of methoxy groups -OCH3 is 1. The predicted molar refractivity (Wildman–Crippen MR) is 105 cm³/mol. The maximum absolute atomic E-state index is 11.2. The number of benzene rings is 1. The van der Waals surface area contributed by atoms with E-state index in [0.29, 0.717) is 5.89 Å². The fraction of sp³-hybridized carbons (Fsp3) is 0.524. The molecule has 1 aliphatic heterocycles. The van der Waals surface area contributed by atoms with Gasteiger partial charge >= 0.3 is 0 Å². The van der Waals surface area contributed by atoms with Gasteiger partial charge in [0.15, 0.2) is 0 Å². The number of rotatable bonds is 5. The zero-order chi connectivity index (χ0) is 19.6. The molecule has 1 N–H and O–H groups in total. The highest BCUT2D eigenvalue weighted by molar-refractivity contribution is 5.73. The highest BCUT2D eigenvalue weighted by Crippen LogP contribution is 2.31. The van der Waals surface area contributed by atoms with Crippen LogP contribution in [-0.2, 0) is 11.3 Å². The van der Waals surface area contributed by atoms with E-state index in [9.17, 15) is 4.79 Å². The first kappa shape index (κ1) is 19.4. The van der Waals surface area contributed by atoms with Crippen LogP contribution in [0, 0.1) is 20.8 Å². The highest BCUT2D eigenvalue weighted by atomic mass is 16.5. The number of likely N-dealkylation sites (tertiary alicyclic amines) is 1. The average Bonchev–Trinajstić information content (AvgIpc) is 2.98. The van der Waals surface area contributed by atoms with Crippen molar-refractivity contribution < 1.29 is 13.9 Å². The van der Waals surface area contributed by atoms with E-state index >= 15 is 0 Å². The lowest BCUT2D eigenvalue weighted by molar-refractivity contribution is -0.119. The minimum Gasteiger partial charge on any atom is -0.496 e. The Morgan fingerprint density at radius 2 is 1.96 bits per heavy atom. The minimum atomic E-state index is 0.0515. The van der Waals surface area contributed by atoms with Crippen molar-refractivity contribution in [3.05, 3.63) is 34.7 Å². The van der Waals surface area contributed by atoms with Crippen LogP contribution in [0.4, 0.5) is 0 Å². The maximum Gasteiger partial charge on any atom is 0.226 e. The van der Waals surface area contributed by atoms with Crippen molar-refractivity contribution in [2.75, 3.05) is 20.2 Å². The standard InChI is InChI=1S/C21H29N3O3/c1-13-11-20(26-5)14(2)10-18(13)21-23-19(15(3)27-21)12-24-8-6-17(7-9-24)22-16(4)25/h10-11,17H,6-9,12H2,1-5H3,(H,22,25). The average molecular weight is 371 g/mol. The van der Waals surface area contributed by atoms with E-state index < -0.39 is 0 Å². The summed E-state index contributed by atoms with van der Waals surface area (Å²) in [4.78, 5) is 18.4. The molecule has 0 spiro atoms. The van der Waals surface area contributed by atoms with Gasteiger partial charge in [0.05, 0.1) is 12.8 Å². The summed E-state index contributed by atoms with van der Waals surface area (Å²) in [5.74, 6) is 2.46. The summed E-state index contributed by atoms with van der Waals surface area (Å²) >= 11 is 0. The number of ether oxygens (including phenoxy) is 1. The van der Waals surface area contributed by atoms with Crippen LogP contribution in [-0.4, -0.2) is 42.0 Å². The molecule has 0 aliphatic carbocycles. The lowest BCUT2D eigenvalue weighted by Gasteiger charge is -2.31. The lowest BCUT2D eigenvalue weighted by atomic mass is 10.0. The number of nitrogens with one attached hydrogen (secondary N) is 1. The molecule has 1 saturated heterocycles. The Bertz CT molecular complexity index is 820. The zero-order valence-electron chi connectivity index (χ0n) is 16.9. The predicted octanol–water partition coefficient (Wildman–Crippen LogP) is 3.38. The fourth-order valence-corrected chi connectivity index (χ4v) is 3.66. The Hall–Kier alpha value is -2.34. The number of carbonyl (C=O) groups is 1. The number of aryl methyl sites for hydroxylation is 3. The molecule has 1 aliphatic rings. The van der Waals surface area contributed by atoms with Gasteiger partial charge in [-0.05, 0) is 56.9 Å². The second-order valence-electron chi connectivity index (χ2n) is 7.41. The van der Waals surface area contributed by atoms with Crippen LogP contribution in [0.15, 0.2) is 16.5 Å². The Morgan fingerprint density at radius 1 is 1.26 bits per heavy atom. The molecule has 27 heavy (non-hydrogen) atoms. The summed E-state index contributed by atoms with van der Waals surface area (Å²) in [7, 11) is 1.68. The summed E-state index contributed by atoms with van der Waals surface area (Å²) in [5.41, 5.74) is 4.14. The molecule has 0 atom stereocenters. The van der Waals surface area contributed by atoms with E-state index in [1.165, 1.54) is 0 Å². The molecule has 0 saturated carbocycles. The summed E-state index contributed by atoms with van der Waals surface area (Å²) in [6.45, 7) is 10.3. The molecule has 1 aromatic heterocycles. The van der Waals surface area contributed by atoms with Gasteiger partial charge in [0.2, 0.25) is 11.8 Å². The molecule has 6 heteroatoms. The van der Waals surface area contributed by atoms with Gasteiger partial charge < -0.3 is 14.5 Å². The monoisotopic (exact) mass is 371 g/mol. The van der Waals surface area contributed by atoms with Gasteiger partial charge in [-0.15, -0.1) is 0 Å². The van der Waals surface area contributed by atoms with Crippen molar-refractivity contribution in [1.29, 1.82) is 0 Å². The normalized spacial score (nSPS) is 15.7. The fourth-order valence-electron chi connectivity index (χ4n) is 3.66. The minimum absolute atomic E-state index is 0.0515. The van der Waals surface area contributed by atoms with E-state index in [1.807, 2.05) is 26.8 Å². The molecule has 0 unspecified atom stereocenters. The van der Waals surface area contributed by atoms with Crippen LogP contribution in [0.1, 0.15) is 42.3 Å². The molecule has 0 radical (unpaired) electrons. The molecule has 0 bridgehead atoms. The number of aromatic nitrogens is 1. The van der Waals surface area contributed by atoms with E-state index in [4.69, 9.17) is 14.1 Å². The van der Waals surface area contributed by atoms with Gasteiger partial charge in [0.25, 0.3) is 0 Å². The van der Waals surface area contributed by atoms with Crippen LogP contribution in [0.2, 0.25) is 0 Å². The molecule has 1 fully saturated rings. The molecule has 146 valence electrons. The SMILES string of the molecule is COc1cc(C)c(-c2nc(CN3CCC(NC(C)=O)CC3)c(C)o2)cc1C. The number of nitrogens with zero attached hydrogens (tertiary/aromatic N) is 2. The highest BCUT2D eigenvalue weighted by Gasteiger charge is 2.22. The third-order valence-electron chi connectivity index (χ3n) is 5.23. The Morgan fingerprint density at radius 3 is 2.59 bits per heavy atom. The van der Waals surface area contributed by atoms with E-state index in [-0.39, 0.29) is 11.9 Å². The third-order valence-corrected chi connectivity index (χ3v) is 5.23. The van der Waals surface area contributed by atoms with E-state index in [1.54, 1.807) is 14.0 Å². The van der Waals surface area contributed by atoms with Crippen LogP contribution in [0.25, 0.3) is 11.5 Å². The van der Waals surface area contributed by atoms with Crippen molar-refractivity contribution in [3.63, 3.8) is 0 Å². The number of oxazole rings is 1. The summed E-state index contributed by atoms with van der Waals surface area (Å²) < 4.78 is 11.4. The molecule has 3 rings (SSSR count). The molecule has 2 heterocycles. The van der Waals surface area contributed by atoms with Gasteiger partial charge in [-0.2, -0.15) is 0 Å². The van der Waals surface area contributed by atoms with E-state index in [2.05, 4.69) is 16.3 Å². The van der Waals surface area contributed by atoms with Crippen molar-refractivity contribution in [3.8, 4) is 17.2 Å². The first-order valence-corrected chi connectivity index (χ1v) is 9.48. The first-order valence-electron chi connectivity index (χ1n) is 9.48.